The monoisotopic (exact) mass is 536 g/mol. The molecule has 5 rings (SSSR count). The number of nitrogens with zero attached hydrogens (tertiary/aromatic N) is 3. The summed E-state index contributed by atoms with van der Waals surface area (Å²) in [5, 5.41) is 17.1. The van der Waals surface area contributed by atoms with Crippen molar-refractivity contribution < 1.29 is 28.6 Å². The number of amides is 2. The number of carbonyl (C=O) groups excluding carboxylic acids is 1. The summed E-state index contributed by atoms with van der Waals surface area (Å²) < 4.78 is 25.2. The Balaban J connectivity index is 1.32. The van der Waals surface area contributed by atoms with Gasteiger partial charge in [-0.25, -0.2) is 14.2 Å². The average Bonchev–Trinajstić information content (AvgIpc) is 3.26. The zero-order valence-corrected chi connectivity index (χ0v) is 21.4. The molecule has 2 amide bonds. The number of carboxylic acid groups (broad SMARTS) is 1. The van der Waals surface area contributed by atoms with Gasteiger partial charge in [0.1, 0.15) is 18.9 Å². The normalized spacial score (nSPS) is 14.9. The van der Waals surface area contributed by atoms with Crippen molar-refractivity contribution in [2.45, 2.75) is 24.7 Å². The molecule has 11 nitrogen and oxygen atoms in total. The van der Waals surface area contributed by atoms with Crippen molar-refractivity contribution in [3.63, 3.8) is 0 Å². The fraction of sp³-hybridized carbons (Fsp3) is 0.333. The quantitative estimate of drug-likeness (QED) is 0.281. The highest BCUT2D eigenvalue weighted by Crippen LogP contribution is 2.53. The first kappa shape index (κ1) is 26.2. The molecular weight excluding hydrogens is 507 g/mol. The molecule has 0 atom stereocenters. The first-order valence-corrected chi connectivity index (χ1v) is 12.6. The third-order valence-corrected chi connectivity index (χ3v) is 7.00. The summed E-state index contributed by atoms with van der Waals surface area (Å²) >= 11 is 0. The van der Waals surface area contributed by atoms with Gasteiger partial charge in [0.25, 0.3) is 0 Å². The van der Waals surface area contributed by atoms with Crippen molar-refractivity contribution in [3.05, 3.63) is 60.0 Å². The predicted molar refractivity (Wildman–Crippen MR) is 143 cm³/mol. The van der Waals surface area contributed by atoms with Crippen LogP contribution in [-0.4, -0.2) is 60.5 Å². The number of fused-ring (bicyclic) bond motifs is 2. The van der Waals surface area contributed by atoms with Gasteiger partial charge in [-0.05, 0) is 54.8 Å². The van der Waals surface area contributed by atoms with Gasteiger partial charge in [-0.15, -0.1) is 0 Å². The van der Waals surface area contributed by atoms with Crippen molar-refractivity contribution in [1.82, 2.24) is 15.3 Å². The lowest BCUT2D eigenvalue weighted by atomic mass is 9.66. The number of methoxy groups -OCH3 is 1. The summed E-state index contributed by atoms with van der Waals surface area (Å²) in [4.78, 5) is 33.7. The molecule has 204 valence electrons. The van der Waals surface area contributed by atoms with Crippen LogP contribution in [-0.2, 0) is 14.9 Å². The molecular formula is C27H29FN6O5. The second-order valence-corrected chi connectivity index (χ2v) is 9.51. The van der Waals surface area contributed by atoms with Gasteiger partial charge in [0, 0.05) is 36.1 Å². The number of carbonyl (C=O) groups is 2. The van der Waals surface area contributed by atoms with Gasteiger partial charge in [-0.3, -0.25) is 4.79 Å². The third kappa shape index (κ3) is 5.70. The molecule has 12 heteroatoms. The highest BCUT2D eigenvalue weighted by molar-refractivity contribution is 5.99. The van der Waals surface area contributed by atoms with Crippen LogP contribution in [0.2, 0.25) is 0 Å². The second kappa shape index (κ2) is 11.1. The largest absolute Gasteiger partial charge is 0.491 e. The third-order valence-electron chi connectivity index (χ3n) is 7.00. The maximum Gasteiger partial charge on any atom is 0.405 e. The highest BCUT2D eigenvalue weighted by atomic mass is 19.1. The highest BCUT2D eigenvalue weighted by Gasteiger charge is 2.48. The molecule has 1 spiro atoms. The number of anilines is 5. The molecule has 2 heterocycles. The van der Waals surface area contributed by atoms with Gasteiger partial charge >= 0.3 is 6.09 Å². The second-order valence-electron chi connectivity index (χ2n) is 9.51. The van der Waals surface area contributed by atoms with Gasteiger partial charge in [0.2, 0.25) is 11.9 Å². The summed E-state index contributed by atoms with van der Waals surface area (Å²) in [6, 6.07) is 12.7. The first-order chi connectivity index (χ1) is 18.9. The van der Waals surface area contributed by atoms with E-state index in [1.165, 1.54) is 0 Å². The molecule has 0 saturated heterocycles. The van der Waals surface area contributed by atoms with Crippen molar-refractivity contribution in [2.24, 2.45) is 0 Å². The van der Waals surface area contributed by atoms with Crippen LogP contribution in [0.1, 0.15) is 24.8 Å². The standard InChI is InChI=1S/C27H29FN6O5/c1-38-11-12-39-19-6-3-17(4-7-19)32-25-29-14-21(28)24(33-25)31-18-5-8-20-22(13-18)34(16-27(20)9-2-10-27)23(35)15-30-26(36)37/h3-8,13-14,30H,2,9-12,15-16H2,1H3,(H,36,37)(H2,29,31,32,33). The van der Waals surface area contributed by atoms with Gasteiger partial charge in [0.15, 0.2) is 11.6 Å². The number of hydrogen-bond acceptors (Lipinski definition) is 8. The Kier molecular flexibility index (Phi) is 7.46. The van der Waals surface area contributed by atoms with Crippen LogP contribution in [0.15, 0.2) is 48.7 Å². The number of halogens is 1. The fourth-order valence-corrected chi connectivity index (χ4v) is 4.91. The molecule has 39 heavy (non-hydrogen) atoms. The van der Waals surface area contributed by atoms with Crippen molar-refractivity contribution in [2.75, 3.05) is 48.9 Å². The van der Waals surface area contributed by atoms with Crippen LogP contribution in [0.3, 0.4) is 0 Å². The molecule has 1 saturated carbocycles. The smallest absolute Gasteiger partial charge is 0.405 e. The van der Waals surface area contributed by atoms with E-state index in [1.807, 2.05) is 12.1 Å². The van der Waals surface area contributed by atoms with E-state index in [0.717, 1.165) is 31.0 Å². The van der Waals surface area contributed by atoms with E-state index in [9.17, 15) is 14.0 Å². The molecule has 2 aromatic carbocycles. The van der Waals surface area contributed by atoms with Gasteiger partial charge in [-0.1, -0.05) is 12.5 Å². The van der Waals surface area contributed by atoms with Gasteiger partial charge in [0.05, 0.1) is 12.8 Å². The lowest BCUT2D eigenvalue weighted by Crippen LogP contribution is -2.44. The number of hydrogen-bond donors (Lipinski definition) is 4. The van der Waals surface area contributed by atoms with Crippen LogP contribution in [0.25, 0.3) is 0 Å². The number of nitrogens with one attached hydrogen (secondary N) is 3. The Morgan fingerprint density at radius 3 is 2.56 bits per heavy atom. The zero-order valence-electron chi connectivity index (χ0n) is 21.4. The molecule has 0 radical (unpaired) electrons. The predicted octanol–water partition coefficient (Wildman–Crippen LogP) is 4.16. The molecule has 3 aromatic rings. The Bertz CT molecular complexity index is 1370. The molecule has 4 N–H and O–H groups in total. The van der Waals surface area contributed by atoms with E-state index in [-0.39, 0.29) is 29.6 Å². The first-order valence-electron chi connectivity index (χ1n) is 12.6. The Morgan fingerprint density at radius 2 is 1.87 bits per heavy atom. The van der Waals surface area contributed by atoms with Crippen LogP contribution in [0.5, 0.6) is 5.75 Å². The van der Waals surface area contributed by atoms with E-state index in [2.05, 4.69) is 25.9 Å². The molecule has 1 aliphatic heterocycles. The SMILES string of the molecule is COCCOc1ccc(Nc2ncc(F)c(Nc3ccc4c(c3)N(C(=O)CNC(=O)O)CC43CCC3)n2)cc1. The van der Waals surface area contributed by atoms with E-state index < -0.39 is 11.9 Å². The maximum atomic E-state index is 14.7. The van der Waals surface area contributed by atoms with E-state index in [4.69, 9.17) is 14.6 Å². The summed E-state index contributed by atoms with van der Waals surface area (Å²) in [6.45, 7) is 1.10. The molecule has 0 unspecified atom stereocenters. The van der Waals surface area contributed by atoms with Crippen molar-refractivity contribution in [3.8, 4) is 5.75 Å². The summed E-state index contributed by atoms with van der Waals surface area (Å²) in [5.41, 5.74) is 2.85. The zero-order chi connectivity index (χ0) is 27.4. The molecule has 0 bridgehead atoms. The van der Waals surface area contributed by atoms with Gasteiger partial charge in [-0.2, -0.15) is 4.98 Å². The van der Waals surface area contributed by atoms with Gasteiger partial charge < -0.3 is 35.4 Å². The molecule has 1 fully saturated rings. The summed E-state index contributed by atoms with van der Waals surface area (Å²) in [7, 11) is 1.61. The Labute approximate surface area is 224 Å². The number of aromatic nitrogens is 2. The van der Waals surface area contributed by atoms with Crippen LogP contribution >= 0.6 is 0 Å². The molecule has 1 aliphatic carbocycles. The number of rotatable bonds is 10. The van der Waals surface area contributed by atoms with E-state index >= 15 is 0 Å². The van der Waals surface area contributed by atoms with Crippen LogP contribution in [0.4, 0.5) is 38.0 Å². The van der Waals surface area contributed by atoms with Crippen LogP contribution in [0, 0.1) is 5.82 Å². The van der Waals surface area contributed by atoms with E-state index in [1.54, 1.807) is 42.3 Å². The van der Waals surface area contributed by atoms with Crippen LogP contribution < -0.4 is 25.6 Å². The maximum absolute atomic E-state index is 14.7. The number of benzene rings is 2. The Hall–Kier alpha value is -4.45. The minimum Gasteiger partial charge on any atom is -0.491 e. The molecule has 1 aromatic heterocycles. The summed E-state index contributed by atoms with van der Waals surface area (Å²) in [5.74, 6) is -0.134. The lowest BCUT2D eigenvalue weighted by Gasteiger charge is -2.39. The minimum absolute atomic E-state index is 0.0336. The average molecular weight is 537 g/mol. The lowest BCUT2D eigenvalue weighted by molar-refractivity contribution is -0.117. The van der Waals surface area contributed by atoms with Crippen molar-refractivity contribution >= 4 is 40.8 Å². The molecule has 2 aliphatic rings. The fourth-order valence-electron chi connectivity index (χ4n) is 4.91. The van der Waals surface area contributed by atoms with Crippen molar-refractivity contribution in [1.29, 1.82) is 0 Å². The minimum atomic E-state index is -1.26. The summed E-state index contributed by atoms with van der Waals surface area (Å²) in [6.07, 6.45) is 2.80. The Morgan fingerprint density at radius 1 is 1.10 bits per heavy atom. The topological polar surface area (TPSA) is 138 Å². The van der Waals surface area contributed by atoms with E-state index in [0.29, 0.717) is 42.6 Å². The number of ether oxygens (including phenoxy) is 2.